The van der Waals surface area contributed by atoms with Gasteiger partial charge in [0.25, 0.3) is 0 Å². The SMILES string of the molecule is NNC1CC1OC(=O)/C=C\n1cnc(-c2cc(C(F)(F)F)cc(C(F)(F)F)c2)n1. The van der Waals surface area contributed by atoms with Crippen molar-refractivity contribution in [2.75, 3.05) is 0 Å². The number of aromatic nitrogens is 3. The normalized spacial score (nSPS) is 19.6. The number of alkyl halides is 6. The van der Waals surface area contributed by atoms with Crippen molar-refractivity contribution in [2.45, 2.75) is 30.9 Å². The first-order valence-corrected chi connectivity index (χ1v) is 8.03. The van der Waals surface area contributed by atoms with E-state index >= 15 is 0 Å². The summed E-state index contributed by atoms with van der Waals surface area (Å²) in [6, 6.07) is 0.909. The Morgan fingerprint density at radius 3 is 2.31 bits per heavy atom. The van der Waals surface area contributed by atoms with E-state index in [4.69, 9.17) is 10.6 Å². The number of hydrogen-bond acceptors (Lipinski definition) is 6. The standard InChI is InChI=1S/C16H13F6N5O2/c17-15(18,19)9-3-8(4-10(5-9)16(20,21)22)14-24-7-27(26-14)2-1-13(28)29-12-6-11(12)25-23/h1-5,7,11-12,25H,6,23H2/b2-1-. The molecule has 29 heavy (non-hydrogen) atoms. The third-order valence-corrected chi connectivity index (χ3v) is 3.93. The maximum atomic E-state index is 12.9. The van der Waals surface area contributed by atoms with Gasteiger partial charge in [-0.1, -0.05) is 0 Å². The molecular formula is C16H13F6N5O2. The first kappa shape index (κ1) is 20.8. The highest BCUT2D eigenvalue weighted by molar-refractivity contribution is 5.85. The minimum absolute atomic E-state index is 0.0117. The topological polar surface area (TPSA) is 95.1 Å². The predicted octanol–water partition coefficient (Wildman–Crippen LogP) is 2.60. The number of nitrogens with two attached hydrogens (primary N) is 1. The molecule has 13 heteroatoms. The highest BCUT2D eigenvalue weighted by Gasteiger charge is 2.40. The number of carbonyl (C=O) groups excluding carboxylic acids is 1. The van der Waals surface area contributed by atoms with Crippen LogP contribution in [0.2, 0.25) is 0 Å². The molecule has 3 N–H and O–H groups in total. The maximum Gasteiger partial charge on any atom is 0.416 e. The highest BCUT2D eigenvalue weighted by Crippen LogP contribution is 2.38. The zero-order valence-corrected chi connectivity index (χ0v) is 14.3. The Labute approximate surface area is 159 Å². The van der Waals surface area contributed by atoms with E-state index in [2.05, 4.69) is 15.5 Å². The van der Waals surface area contributed by atoms with E-state index in [1.165, 1.54) is 0 Å². The van der Waals surface area contributed by atoms with Gasteiger partial charge in [0.1, 0.15) is 12.4 Å². The number of carbonyl (C=O) groups is 1. The average Bonchev–Trinajstić information content (AvgIpc) is 3.20. The third-order valence-electron chi connectivity index (χ3n) is 3.93. The summed E-state index contributed by atoms with van der Waals surface area (Å²) < 4.78 is 83.6. The molecule has 2 aromatic rings. The molecule has 1 aliphatic carbocycles. The van der Waals surface area contributed by atoms with Gasteiger partial charge in [0.2, 0.25) is 0 Å². The largest absolute Gasteiger partial charge is 0.457 e. The van der Waals surface area contributed by atoms with Gasteiger partial charge in [0.05, 0.1) is 17.2 Å². The molecule has 0 bridgehead atoms. The second-order valence-electron chi connectivity index (χ2n) is 6.14. The Morgan fingerprint density at radius 2 is 1.79 bits per heavy atom. The number of hydrazine groups is 1. The van der Waals surface area contributed by atoms with Crippen molar-refractivity contribution in [3.8, 4) is 11.4 Å². The average molecular weight is 421 g/mol. The molecular weight excluding hydrogens is 408 g/mol. The molecule has 1 aromatic heterocycles. The van der Waals surface area contributed by atoms with Gasteiger partial charge < -0.3 is 4.74 Å². The van der Waals surface area contributed by atoms with Gasteiger partial charge in [-0.2, -0.15) is 26.3 Å². The van der Waals surface area contributed by atoms with Gasteiger partial charge in [0.15, 0.2) is 5.82 Å². The molecule has 156 valence electrons. The summed E-state index contributed by atoms with van der Waals surface area (Å²) >= 11 is 0. The number of rotatable bonds is 5. The molecule has 1 aliphatic rings. The van der Waals surface area contributed by atoms with Crippen molar-refractivity contribution in [3.63, 3.8) is 0 Å². The minimum Gasteiger partial charge on any atom is -0.457 e. The van der Waals surface area contributed by atoms with Crippen LogP contribution in [0, 0.1) is 0 Å². The molecule has 0 saturated heterocycles. The summed E-state index contributed by atoms with van der Waals surface area (Å²) in [6.07, 6.45) is -6.67. The monoisotopic (exact) mass is 421 g/mol. The number of nitrogens with one attached hydrogen (secondary N) is 1. The molecule has 7 nitrogen and oxygen atoms in total. The minimum atomic E-state index is -4.98. The molecule has 1 aromatic carbocycles. The van der Waals surface area contributed by atoms with Gasteiger partial charge in [-0.3, -0.25) is 11.3 Å². The van der Waals surface area contributed by atoms with Crippen molar-refractivity contribution >= 4 is 12.2 Å². The zero-order valence-electron chi connectivity index (χ0n) is 14.3. The zero-order chi connectivity index (χ0) is 21.4. The maximum absolute atomic E-state index is 12.9. The van der Waals surface area contributed by atoms with Gasteiger partial charge in [0, 0.05) is 24.3 Å². The molecule has 1 saturated carbocycles. The summed E-state index contributed by atoms with van der Waals surface area (Å²) in [7, 11) is 0. The van der Waals surface area contributed by atoms with Crippen molar-refractivity contribution in [2.24, 2.45) is 5.84 Å². The van der Waals surface area contributed by atoms with Crippen LogP contribution in [0.5, 0.6) is 0 Å². The molecule has 1 fully saturated rings. The van der Waals surface area contributed by atoms with Crippen molar-refractivity contribution in [1.29, 1.82) is 0 Å². The number of halogens is 6. The lowest BCUT2D eigenvalue weighted by Gasteiger charge is -2.13. The van der Waals surface area contributed by atoms with Crippen LogP contribution < -0.4 is 11.3 Å². The molecule has 0 spiro atoms. The highest BCUT2D eigenvalue weighted by atomic mass is 19.4. The second-order valence-corrected chi connectivity index (χ2v) is 6.14. The lowest BCUT2D eigenvalue weighted by Crippen LogP contribution is -2.27. The fraction of sp³-hybridized carbons (Fsp3) is 0.312. The molecule has 1 heterocycles. The van der Waals surface area contributed by atoms with E-state index in [-0.39, 0.29) is 24.0 Å². The van der Waals surface area contributed by atoms with Crippen LogP contribution >= 0.6 is 0 Å². The lowest BCUT2D eigenvalue weighted by atomic mass is 10.0. The van der Waals surface area contributed by atoms with Crippen LogP contribution in [0.4, 0.5) is 26.3 Å². The Hall–Kier alpha value is -2.93. The van der Waals surface area contributed by atoms with Crippen molar-refractivity contribution < 1.29 is 35.9 Å². The van der Waals surface area contributed by atoms with Crippen LogP contribution in [0.15, 0.2) is 30.6 Å². The van der Waals surface area contributed by atoms with Crippen molar-refractivity contribution in [1.82, 2.24) is 20.2 Å². The summed E-state index contributed by atoms with van der Waals surface area (Å²) in [4.78, 5) is 15.3. The van der Waals surface area contributed by atoms with Gasteiger partial charge >= 0.3 is 18.3 Å². The molecule has 0 amide bonds. The van der Waals surface area contributed by atoms with Gasteiger partial charge in [-0.25, -0.2) is 14.5 Å². The first-order chi connectivity index (χ1) is 13.5. The second kappa shape index (κ2) is 7.48. The van der Waals surface area contributed by atoms with E-state index in [1.807, 2.05) is 0 Å². The van der Waals surface area contributed by atoms with Gasteiger partial charge in [-0.05, 0) is 18.2 Å². The van der Waals surface area contributed by atoms with Gasteiger partial charge in [-0.15, -0.1) is 5.10 Å². The molecule has 2 atom stereocenters. The first-order valence-electron chi connectivity index (χ1n) is 8.03. The summed E-state index contributed by atoms with van der Waals surface area (Å²) in [5, 5.41) is 3.77. The van der Waals surface area contributed by atoms with E-state index in [0.29, 0.717) is 18.6 Å². The Balaban J connectivity index is 1.80. The molecule has 0 radical (unpaired) electrons. The quantitative estimate of drug-likeness (QED) is 0.253. The van der Waals surface area contributed by atoms with Crippen LogP contribution in [0.3, 0.4) is 0 Å². The van der Waals surface area contributed by atoms with Crippen LogP contribution in [-0.4, -0.2) is 32.9 Å². The molecule has 2 unspecified atom stereocenters. The number of hydrogen-bond donors (Lipinski definition) is 2. The molecule has 0 aliphatic heterocycles. The Bertz CT molecular complexity index is 904. The fourth-order valence-electron chi connectivity index (χ4n) is 2.37. The number of benzene rings is 1. The number of nitrogens with zero attached hydrogens (tertiary/aromatic N) is 3. The number of esters is 1. The smallest absolute Gasteiger partial charge is 0.416 e. The number of ether oxygens (including phenoxy) is 1. The third kappa shape index (κ3) is 5.12. The summed E-state index contributed by atoms with van der Waals surface area (Å²) in [6.45, 7) is 0. The Kier molecular flexibility index (Phi) is 5.36. The predicted molar refractivity (Wildman–Crippen MR) is 86.4 cm³/mol. The summed E-state index contributed by atoms with van der Waals surface area (Å²) in [5.74, 6) is 4.08. The summed E-state index contributed by atoms with van der Waals surface area (Å²) in [5.41, 5.74) is -1.01. The van der Waals surface area contributed by atoms with Crippen molar-refractivity contribution in [3.05, 3.63) is 41.7 Å². The Morgan fingerprint density at radius 1 is 1.17 bits per heavy atom. The lowest BCUT2D eigenvalue weighted by molar-refractivity contribution is -0.143. The van der Waals surface area contributed by atoms with Crippen LogP contribution in [0.1, 0.15) is 17.5 Å². The fourth-order valence-corrected chi connectivity index (χ4v) is 2.37. The van der Waals surface area contributed by atoms with Crippen LogP contribution in [-0.2, 0) is 21.9 Å². The van der Waals surface area contributed by atoms with E-state index in [1.54, 1.807) is 0 Å². The van der Waals surface area contributed by atoms with E-state index in [9.17, 15) is 31.1 Å². The van der Waals surface area contributed by atoms with Crippen LogP contribution in [0.25, 0.3) is 17.6 Å². The van der Waals surface area contributed by atoms with E-state index < -0.39 is 35.0 Å². The van der Waals surface area contributed by atoms with E-state index in [0.717, 1.165) is 23.3 Å². The molecule has 3 rings (SSSR count).